The minimum atomic E-state index is -0.280. The van der Waals surface area contributed by atoms with Crippen LogP contribution in [0.4, 0.5) is 0 Å². The maximum Gasteiger partial charge on any atom is 0.368 e. The molecule has 3 rings (SSSR count). The van der Waals surface area contributed by atoms with Crippen molar-refractivity contribution < 1.29 is 4.74 Å². The molecular formula is C20H24N4O2. The largest absolute Gasteiger partial charge is 0.489 e. The molecule has 0 aliphatic rings. The average molecular weight is 352 g/mol. The standard InChI is InChI=1S/C20H24N4O2/c1-5-15-10-11-17(12-16(15)6-2)26-13-18-14(3)8-7-9-19(18)24-20(25)23(4)21-22-24/h7-12H,5-6,13H2,1-4H3. The smallest absolute Gasteiger partial charge is 0.368 e. The Hall–Kier alpha value is -2.89. The average Bonchev–Trinajstić information content (AvgIpc) is 2.99. The van der Waals surface area contributed by atoms with Gasteiger partial charge in [-0.05, 0) is 65.1 Å². The molecule has 26 heavy (non-hydrogen) atoms. The molecule has 0 aliphatic heterocycles. The van der Waals surface area contributed by atoms with E-state index >= 15 is 0 Å². The predicted octanol–water partition coefficient (Wildman–Crippen LogP) is 2.98. The number of rotatable bonds is 6. The summed E-state index contributed by atoms with van der Waals surface area (Å²) < 4.78 is 8.57. The van der Waals surface area contributed by atoms with Crippen molar-refractivity contribution in [1.82, 2.24) is 19.8 Å². The first-order chi connectivity index (χ1) is 12.5. The zero-order valence-corrected chi connectivity index (χ0v) is 15.7. The lowest BCUT2D eigenvalue weighted by atomic mass is 10.0. The molecule has 3 aromatic rings. The van der Waals surface area contributed by atoms with E-state index in [1.807, 2.05) is 31.2 Å². The third kappa shape index (κ3) is 3.40. The Bertz CT molecular complexity index is 972. The van der Waals surface area contributed by atoms with Gasteiger partial charge in [0.1, 0.15) is 12.4 Å². The maximum atomic E-state index is 12.2. The first-order valence-electron chi connectivity index (χ1n) is 8.87. The lowest BCUT2D eigenvalue weighted by molar-refractivity contribution is 0.304. The van der Waals surface area contributed by atoms with E-state index in [1.165, 1.54) is 20.5 Å². The van der Waals surface area contributed by atoms with Crippen molar-refractivity contribution in [2.24, 2.45) is 7.05 Å². The third-order valence-corrected chi connectivity index (χ3v) is 4.66. The van der Waals surface area contributed by atoms with Crippen LogP contribution >= 0.6 is 0 Å². The Morgan fingerprint density at radius 2 is 1.81 bits per heavy atom. The summed E-state index contributed by atoms with van der Waals surface area (Å²) in [6.45, 7) is 6.67. The third-order valence-electron chi connectivity index (χ3n) is 4.66. The van der Waals surface area contributed by atoms with Gasteiger partial charge in [0.15, 0.2) is 0 Å². The van der Waals surface area contributed by atoms with Gasteiger partial charge in [0.05, 0.1) is 5.69 Å². The number of hydrogen-bond donors (Lipinski definition) is 0. The fourth-order valence-corrected chi connectivity index (χ4v) is 3.06. The van der Waals surface area contributed by atoms with Crippen molar-refractivity contribution in [3.63, 3.8) is 0 Å². The molecule has 0 bridgehead atoms. The molecule has 0 aliphatic carbocycles. The van der Waals surface area contributed by atoms with E-state index in [4.69, 9.17) is 4.74 Å². The minimum Gasteiger partial charge on any atom is -0.489 e. The van der Waals surface area contributed by atoms with Gasteiger partial charge >= 0.3 is 5.69 Å². The summed E-state index contributed by atoms with van der Waals surface area (Å²) in [5.41, 5.74) is 5.04. The van der Waals surface area contributed by atoms with E-state index in [9.17, 15) is 4.79 Å². The quantitative estimate of drug-likeness (QED) is 0.684. The molecular weight excluding hydrogens is 328 g/mol. The number of aryl methyl sites for hydroxylation is 4. The van der Waals surface area contributed by atoms with Gasteiger partial charge in [-0.25, -0.2) is 4.79 Å². The summed E-state index contributed by atoms with van der Waals surface area (Å²) in [6.07, 6.45) is 1.99. The Kier molecular flexibility index (Phi) is 5.21. The molecule has 0 unspecified atom stereocenters. The van der Waals surface area contributed by atoms with Gasteiger partial charge < -0.3 is 4.74 Å². The molecule has 1 heterocycles. The van der Waals surface area contributed by atoms with E-state index in [0.29, 0.717) is 12.3 Å². The van der Waals surface area contributed by atoms with Crippen LogP contribution in [0.25, 0.3) is 5.69 Å². The molecule has 0 amide bonds. The van der Waals surface area contributed by atoms with E-state index in [0.717, 1.165) is 29.7 Å². The number of nitrogens with zero attached hydrogens (tertiary/aromatic N) is 4. The van der Waals surface area contributed by atoms with Gasteiger partial charge in [-0.15, -0.1) is 0 Å². The molecule has 6 nitrogen and oxygen atoms in total. The van der Waals surface area contributed by atoms with Crippen LogP contribution in [-0.2, 0) is 26.5 Å². The molecule has 0 spiro atoms. The van der Waals surface area contributed by atoms with Crippen LogP contribution in [0.1, 0.15) is 36.1 Å². The lowest BCUT2D eigenvalue weighted by Gasteiger charge is -2.14. The molecule has 0 radical (unpaired) electrons. The highest BCUT2D eigenvalue weighted by molar-refractivity contribution is 5.45. The summed E-state index contributed by atoms with van der Waals surface area (Å²) >= 11 is 0. The van der Waals surface area contributed by atoms with Crippen LogP contribution in [0, 0.1) is 6.92 Å². The van der Waals surface area contributed by atoms with Crippen molar-refractivity contribution in [2.45, 2.75) is 40.2 Å². The number of tetrazole rings is 1. The summed E-state index contributed by atoms with van der Waals surface area (Å²) in [5, 5.41) is 7.75. The normalized spacial score (nSPS) is 10.9. The monoisotopic (exact) mass is 352 g/mol. The summed E-state index contributed by atoms with van der Waals surface area (Å²) in [5.74, 6) is 0.833. The minimum absolute atomic E-state index is 0.280. The van der Waals surface area contributed by atoms with Crippen LogP contribution in [-0.4, -0.2) is 19.8 Å². The Morgan fingerprint density at radius 1 is 1.04 bits per heavy atom. The second-order valence-electron chi connectivity index (χ2n) is 6.30. The highest BCUT2D eigenvalue weighted by Gasteiger charge is 2.13. The number of hydrogen-bond acceptors (Lipinski definition) is 4. The SMILES string of the molecule is CCc1ccc(OCc2c(C)cccc2-n2nnn(C)c2=O)cc1CC. The van der Waals surface area contributed by atoms with Gasteiger partial charge in [-0.2, -0.15) is 9.36 Å². The Labute approximate surface area is 153 Å². The summed E-state index contributed by atoms with van der Waals surface area (Å²) in [7, 11) is 1.58. The number of benzene rings is 2. The molecule has 2 aromatic carbocycles. The molecule has 6 heteroatoms. The van der Waals surface area contributed by atoms with Crippen molar-refractivity contribution in [2.75, 3.05) is 0 Å². The molecule has 0 saturated heterocycles. The summed E-state index contributed by atoms with van der Waals surface area (Å²) in [4.78, 5) is 12.2. The van der Waals surface area contributed by atoms with Crippen LogP contribution in [0.15, 0.2) is 41.2 Å². The van der Waals surface area contributed by atoms with Crippen molar-refractivity contribution >= 4 is 0 Å². The van der Waals surface area contributed by atoms with Gasteiger partial charge in [0.25, 0.3) is 0 Å². The predicted molar refractivity (Wildman–Crippen MR) is 101 cm³/mol. The Morgan fingerprint density at radius 3 is 2.46 bits per heavy atom. The molecule has 1 aromatic heterocycles. The van der Waals surface area contributed by atoms with Gasteiger partial charge in [0.2, 0.25) is 0 Å². The maximum absolute atomic E-state index is 12.2. The van der Waals surface area contributed by atoms with Crippen LogP contribution in [0.3, 0.4) is 0 Å². The van der Waals surface area contributed by atoms with Crippen molar-refractivity contribution in [3.05, 3.63) is 69.1 Å². The molecule has 136 valence electrons. The van der Waals surface area contributed by atoms with E-state index in [2.05, 4.69) is 36.4 Å². The zero-order chi connectivity index (χ0) is 18.7. The molecule has 0 N–H and O–H groups in total. The highest BCUT2D eigenvalue weighted by Crippen LogP contribution is 2.23. The number of aromatic nitrogens is 4. The first-order valence-corrected chi connectivity index (χ1v) is 8.87. The van der Waals surface area contributed by atoms with E-state index in [-0.39, 0.29) is 5.69 Å². The fraction of sp³-hybridized carbons (Fsp3) is 0.350. The van der Waals surface area contributed by atoms with E-state index < -0.39 is 0 Å². The molecule has 0 fully saturated rings. The van der Waals surface area contributed by atoms with Gasteiger partial charge in [0, 0.05) is 12.6 Å². The van der Waals surface area contributed by atoms with Crippen molar-refractivity contribution in [3.8, 4) is 11.4 Å². The second-order valence-corrected chi connectivity index (χ2v) is 6.30. The molecule has 0 atom stereocenters. The summed E-state index contributed by atoms with van der Waals surface area (Å²) in [6, 6.07) is 12.0. The van der Waals surface area contributed by atoms with Crippen LogP contribution in [0.2, 0.25) is 0 Å². The first kappa shape index (κ1) is 17.9. The highest BCUT2D eigenvalue weighted by atomic mass is 16.5. The zero-order valence-electron chi connectivity index (χ0n) is 15.7. The van der Waals surface area contributed by atoms with Crippen LogP contribution in [0.5, 0.6) is 5.75 Å². The van der Waals surface area contributed by atoms with Crippen LogP contribution < -0.4 is 10.4 Å². The number of ether oxygens (including phenoxy) is 1. The topological polar surface area (TPSA) is 61.9 Å². The second kappa shape index (κ2) is 7.56. The lowest BCUT2D eigenvalue weighted by Crippen LogP contribution is -2.23. The van der Waals surface area contributed by atoms with Gasteiger partial charge in [-0.1, -0.05) is 32.0 Å². The Balaban J connectivity index is 1.91. The van der Waals surface area contributed by atoms with Crippen molar-refractivity contribution in [1.29, 1.82) is 0 Å². The van der Waals surface area contributed by atoms with E-state index in [1.54, 1.807) is 7.05 Å². The van der Waals surface area contributed by atoms with Gasteiger partial charge in [-0.3, -0.25) is 0 Å². The fourth-order valence-electron chi connectivity index (χ4n) is 3.06. The molecule has 0 saturated carbocycles.